The number of hydrogen-bond donors (Lipinski definition) is 3. The van der Waals surface area contributed by atoms with Crippen LogP contribution in [0.1, 0.15) is 1.43 Å². The summed E-state index contributed by atoms with van der Waals surface area (Å²) in [7, 11) is -9.29. The molecule has 1 rings (SSSR count). The van der Waals surface area contributed by atoms with Gasteiger partial charge in [0.1, 0.15) is 5.75 Å². The van der Waals surface area contributed by atoms with Gasteiger partial charge in [-0.3, -0.25) is 9.11 Å². The number of phenolic OH excluding ortho intramolecular Hbond substituents is 1. The van der Waals surface area contributed by atoms with Crippen molar-refractivity contribution in [3.8, 4) is 5.75 Å². The molecule has 7 nitrogen and oxygen atoms in total. The molecule has 0 aromatic heterocycles. The van der Waals surface area contributed by atoms with Gasteiger partial charge in [-0.15, -0.1) is 0 Å². The molecule has 0 radical (unpaired) electrons. The molecule has 3 N–H and O–H groups in total. The van der Waals surface area contributed by atoms with E-state index < -0.39 is 35.8 Å². The van der Waals surface area contributed by atoms with Gasteiger partial charge in [0.05, 0.1) is 9.79 Å². The summed E-state index contributed by atoms with van der Waals surface area (Å²) in [5.41, 5.74) is 0. The number of rotatable bonds is 2. The quantitative estimate of drug-likeness (QED) is 0.388. The standard InChI is InChI=1S/C6H6O7S2.Na.H/c7-4-1-5(14(8,9)10)3-6(2-4)15(11,12)13;;/h1-3,7H,(H,8,9,10)(H,11,12,13);;/q;+1;-1. The maximum absolute atomic E-state index is 10.6. The van der Waals surface area contributed by atoms with Gasteiger partial charge >= 0.3 is 29.6 Å². The van der Waals surface area contributed by atoms with Gasteiger partial charge in [-0.25, -0.2) is 0 Å². The Morgan fingerprint density at radius 2 is 1.19 bits per heavy atom. The molecule has 0 bridgehead atoms. The van der Waals surface area contributed by atoms with Gasteiger partial charge in [0.2, 0.25) is 0 Å². The van der Waals surface area contributed by atoms with E-state index in [9.17, 15) is 16.8 Å². The van der Waals surface area contributed by atoms with Gasteiger partial charge in [-0.05, 0) is 6.07 Å². The molecule has 0 saturated heterocycles. The van der Waals surface area contributed by atoms with Gasteiger partial charge in [0.25, 0.3) is 20.2 Å². The van der Waals surface area contributed by atoms with Crippen LogP contribution < -0.4 is 29.6 Å². The summed E-state index contributed by atoms with van der Waals surface area (Å²) < 4.78 is 59.7. The van der Waals surface area contributed by atoms with Crippen LogP contribution in [0.15, 0.2) is 28.0 Å². The molecule has 16 heavy (non-hydrogen) atoms. The van der Waals surface area contributed by atoms with Gasteiger partial charge in [-0.1, -0.05) is 0 Å². The molecule has 0 fully saturated rings. The molecule has 0 saturated carbocycles. The first kappa shape index (κ1) is 15.8. The van der Waals surface area contributed by atoms with E-state index in [0.717, 1.165) is 0 Å². The minimum Gasteiger partial charge on any atom is -1.00 e. The molecule has 0 unspecified atom stereocenters. The Labute approximate surface area is 115 Å². The zero-order chi connectivity index (χ0) is 11.9. The number of benzene rings is 1. The monoisotopic (exact) mass is 278 g/mol. The normalized spacial score (nSPS) is 11.9. The van der Waals surface area contributed by atoms with Gasteiger partial charge in [-0.2, -0.15) is 16.8 Å². The summed E-state index contributed by atoms with van der Waals surface area (Å²) in [6, 6.07) is 1.80. The minimum atomic E-state index is -4.64. The topological polar surface area (TPSA) is 129 Å². The number of phenols is 1. The first-order chi connectivity index (χ1) is 6.60. The fourth-order valence-corrected chi connectivity index (χ4v) is 2.02. The van der Waals surface area contributed by atoms with Crippen LogP contribution in [0.4, 0.5) is 0 Å². The van der Waals surface area contributed by atoms with E-state index in [4.69, 9.17) is 14.2 Å². The van der Waals surface area contributed by atoms with E-state index in [0.29, 0.717) is 18.2 Å². The Kier molecular flexibility index (Phi) is 4.95. The van der Waals surface area contributed by atoms with Crippen LogP contribution >= 0.6 is 0 Å². The molecule has 0 aliphatic heterocycles. The van der Waals surface area contributed by atoms with Crippen LogP contribution in [-0.4, -0.2) is 31.0 Å². The molecule has 0 heterocycles. The molecule has 0 atom stereocenters. The second kappa shape index (κ2) is 5.00. The molecule has 0 spiro atoms. The summed E-state index contributed by atoms with van der Waals surface area (Å²) >= 11 is 0. The summed E-state index contributed by atoms with van der Waals surface area (Å²) in [5.74, 6) is -0.710. The van der Waals surface area contributed by atoms with Crippen molar-refractivity contribution < 1.29 is 62.0 Å². The van der Waals surface area contributed by atoms with E-state index in [2.05, 4.69) is 0 Å². The Hall–Kier alpha value is -0.160. The van der Waals surface area contributed by atoms with E-state index in [1.165, 1.54) is 0 Å². The third-order valence-corrected chi connectivity index (χ3v) is 3.12. The largest absolute Gasteiger partial charge is 1.00 e. The fourth-order valence-electron chi connectivity index (χ4n) is 0.855. The molecule has 86 valence electrons. The van der Waals surface area contributed by atoms with Crippen molar-refractivity contribution in [3.05, 3.63) is 18.2 Å². The van der Waals surface area contributed by atoms with Crippen molar-refractivity contribution in [1.82, 2.24) is 0 Å². The molecular formula is C6H7NaO7S2. The average molecular weight is 278 g/mol. The van der Waals surface area contributed by atoms with E-state index in [1.54, 1.807) is 0 Å². The van der Waals surface area contributed by atoms with Crippen LogP contribution in [0.25, 0.3) is 0 Å². The molecule has 1 aromatic rings. The Balaban J connectivity index is 0. The maximum atomic E-state index is 10.6. The zero-order valence-corrected chi connectivity index (χ0v) is 11.7. The molecule has 0 aliphatic rings. The summed E-state index contributed by atoms with van der Waals surface area (Å²) in [6.07, 6.45) is 0. The second-order valence-electron chi connectivity index (χ2n) is 2.61. The van der Waals surface area contributed by atoms with E-state index in [-0.39, 0.29) is 31.0 Å². The molecular weight excluding hydrogens is 271 g/mol. The van der Waals surface area contributed by atoms with Crippen LogP contribution in [0.3, 0.4) is 0 Å². The summed E-state index contributed by atoms with van der Waals surface area (Å²) in [5, 5.41) is 8.97. The van der Waals surface area contributed by atoms with E-state index >= 15 is 0 Å². The fraction of sp³-hybridized carbons (Fsp3) is 0. The first-order valence-corrected chi connectivity index (χ1v) is 6.28. The predicted molar refractivity (Wildman–Crippen MR) is 48.8 cm³/mol. The predicted octanol–water partition coefficient (Wildman–Crippen LogP) is -3.00. The third-order valence-electron chi connectivity index (χ3n) is 1.46. The Bertz CT molecular complexity index is 545. The van der Waals surface area contributed by atoms with Crippen LogP contribution in [0.2, 0.25) is 0 Å². The first-order valence-electron chi connectivity index (χ1n) is 3.40. The van der Waals surface area contributed by atoms with Gasteiger partial charge in [0, 0.05) is 12.1 Å². The smallest absolute Gasteiger partial charge is 1.00 e. The van der Waals surface area contributed by atoms with Crippen molar-refractivity contribution in [2.24, 2.45) is 0 Å². The van der Waals surface area contributed by atoms with Crippen molar-refractivity contribution in [1.29, 1.82) is 0 Å². The van der Waals surface area contributed by atoms with E-state index in [1.807, 2.05) is 0 Å². The molecule has 0 aliphatic carbocycles. The summed E-state index contributed by atoms with van der Waals surface area (Å²) in [4.78, 5) is -1.65. The van der Waals surface area contributed by atoms with Crippen molar-refractivity contribution in [2.45, 2.75) is 9.79 Å². The van der Waals surface area contributed by atoms with Crippen molar-refractivity contribution >= 4 is 20.2 Å². The zero-order valence-electron chi connectivity index (χ0n) is 9.02. The maximum Gasteiger partial charge on any atom is 1.00 e. The SMILES string of the molecule is O=S(=O)(O)c1cc(O)cc(S(=O)(=O)O)c1.[H-].[Na+]. The molecule has 1 aromatic carbocycles. The van der Waals surface area contributed by atoms with Crippen LogP contribution in [0.5, 0.6) is 5.75 Å². The Morgan fingerprint density at radius 1 is 0.875 bits per heavy atom. The molecule has 10 heteroatoms. The van der Waals surface area contributed by atoms with Crippen molar-refractivity contribution in [3.63, 3.8) is 0 Å². The summed E-state index contributed by atoms with van der Waals surface area (Å²) in [6.45, 7) is 0. The van der Waals surface area contributed by atoms with Crippen LogP contribution in [0, 0.1) is 0 Å². The van der Waals surface area contributed by atoms with Crippen LogP contribution in [-0.2, 0) is 20.2 Å². The Morgan fingerprint density at radius 3 is 1.44 bits per heavy atom. The van der Waals surface area contributed by atoms with Gasteiger partial charge in [0.15, 0.2) is 0 Å². The second-order valence-corrected chi connectivity index (χ2v) is 5.46. The molecule has 0 amide bonds. The third kappa shape index (κ3) is 4.01. The average Bonchev–Trinajstić information content (AvgIpc) is 1.99. The minimum absolute atomic E-state index is 0. The van der Waals surface area contributed by atoms with Gasteiger partial charge < -0.3 is 6.53 Å². The number of aromatic hydroxyl groups is 1. The van der Waals surface area contributed by atoms with Crippen molar-refractivity contribution in [2.75, 3.05) is 0 Å². The number of hydrogen-bond acceptors (Lipinski definition) is 5.